The first-order chi connectivity index (χ1) is 14.0. The maximum atomic E-state index is 12.9. The summed E-state index contributed by atoms with van der Waals surface area (Å²) in [4.78, 5) is 42.7. The van der Waals surface area contributed by atoms with E-state index in [1.807, 2.05) is 6.92 Å². The molecule has 0 unspecified atom stereocenters. The summed E-state index contributed by atoms with van der Waals surface area (Å²) in [5.74, 6) is -0.611. The van der Waals surface area contributed by atoms with Crippen molar-refractivity contribution in [2.45, 2.75) is 19.9 Å². The third kappa shape index (κ3) is 4.75. The highest BCUT2D eigenvalue weighted by molar-refractivity contribution is 6.10. The van der Waals surface area contributed by atoms with E-state index in [4.69, 9.17) is 4.74 Å². The molecular weight excluding hydrogens is 370 g/mol. The predicted molar refractivity (Wildman–Crippen MR) is 110 cm³/mol. The molecule has 1 aromatic carbocycles. The summed E-state index contributed by atoms with van der Waals surface area (Å²) in [6, 6.07) is 12.0. The van der Waals surface area contributed by atoms with Gasteiger partial charge in [0.25, 0.3) is 0 Å². The molecule has 7 heteroatoms. The van der Waals surface area contributed by atoms with Crippen molar-refractivity contribution in [2.75, 3.05) is 20.3 Å². The predicted octanol–water partition coefficient (Wildman–Crippen LogP) is 2.09. The van der Waals surface area contributed by atoms with Gasteiger partial charge in [-0.2, -0.15) is 0 Å². The van der Waals surface area contributed by atoms with Crippen molar-refractivity contribution >= 4 is 22.7 Å². The van der Waals surface area contributed by atoms with E-state index in [1.165, 1.54) is 6.20 Å². The van der Waals surface area contributed by atoms with Gasteiger partial charge in [-0.15, -0.1) is 0 Å². The first-order valence-electron chi connectivity index (χ1n) is 9.37. The minimum Gasteiger partial charge on any atom is -0.385 e. The van der Waals surface area contributed by atoms with Gasteiger partial charge in [0, 0.05) is 37.7 Å². The maximum Gasteiger partial charge on any atom is 0.239 e. The highest BCUT2D eigenvalue weighted by Crippen LogP contribution is 2.14. The van der Waals surface area contributed by atoms with Crippen LogP contribution in [0.3, 0.4) is 0 Å². The Labute approximate surface area is 168 Å². The molecule has 7 nitrogen and oxygen atoms in total. The van der Waals surface area contributed by atoms with Crippen molar-refractivity contribution in [1.29, 1.82) is 0 Å². The van der Waals surface area contributed by atoms with Crippen molar-refractivity contribution in [3.8, 4) is 0 Å². The van der Waals surface area contributed by atoms with Crippen LogP contribution in [0.15, 0.2) is 53.5 Å². The van der Waals surface area contributed by atoms with E-state index in [9.17, 15) is 14.4 Å². The quantitative estimate of drug-likeness (QED) is 0.467. The molecule has 150 valence electrons. The van der Waals surface area contributed by atoms with Crippen LogP contribution in [0.5, 0.6) is 0 Å². The second-order valence-corrected chi connectivity index (χ2v) is 6.72. The molecule has 3 rings (SSSR count). The third-order valence-electron chi connectivity index (χ3n) is 4.50. The number of pyridine rings is 2. The lowest BCUT2D eigenvalue weighted by atomic mass is 10.0. The summed E-state index contributed by atoms with van der Waals surface area (Å²) >= 11 is 0. The molecular formula is C22H23N3O4. The number of fused-ring (bicyclic) bond motifs is 1. The van der Waals surface area contributed by atoms with Crippen LogP contribution in [0.1, 0.15) is 28.0 Å². The van der Waals surface area contributed by atoms with Crippen molar-refractivity contribution < 1.29 is 14.3 Å². The number of benzene rings is 1. The zero-order valence-corrected chi connectivity index (χ0v) is 16.5. The molecule has 0 fully saturated rings. The molecule has 0 saturated carbocycles. The van der Waals surface area contributed by atoms with Gasteiger partial charge in [0.2, 0.25) is 11.3 Å². The molecule has 0 bridgehead atoms. The number of hydrogen-bond acceptors (Lipinski definition) is 5. The second kappa shape index (κ2) is 9.25. The number of carbonyl (C=O) groups excluding carboxylic acids is 2. The summed E-state index contributed by atoms with van der Waals surface area (Å²) in [6.45, 7) is 2.79. The first kappa shape index (κ1) is 20.4. The Balaban J connectivity index is 2.00. The van der Waals surface area contributed by atoms with E-state index >= 15 is 0 Å². The lowest BCUT2D eigenvalue weighted by molar-refractivity contribution is -0.121. The van der Waals surface area contributed by atoms with Crippen LogP contribution in [0.2, 0.25) is 0 Å². The average Bonchev–Trinajstić information content (AvgIpc) is 2.73. The van der Waals surface area contributed by atoms with Gasteiger partial charge >= 0.3 is 0 Å². The largest absolute Gasteiger partial charge is 0.385 e. The van der Waals surface area contributed by atoms with Crippen LogP contribution in [0, 0.1) is 6.92 Å². The molecule has 2 aromatic heterocycles. The number of hydrogen-bond donors (Lipinski definition) is 1. The number of ether oxygens (including phenoxy) is 1. The van der Waals surface area contributed by atoms with Gasteiger partial charge in [0.05, 0.1) is 10.9 Å². The van der Waals surface area contributed by atoms with Crippen LogP contribution in [0.25, 0.3) is 11.0 Å². The molecule has 0 aliphatic heterocycles. The minimum absolute atomic E-state index is 0.0153. The zero-order chi connectivity index (χ0) is 20.8. The van der Waals surface area contributed by atoms with Gasteiger partial charge in [0.15, 0.2) is 5.78 Å². The molecule has 0 aliphatic carbocycles. The molecule has 0 aliphatic rings. The maximum absolute atomic E-state index is 12.9. The Morgan fingerprint density at radius 2 is 1.90 bits per heavy atom. The second-order valence-electron chi connectivity index (χ2n) is 6.72. The van der Waals surface area contributed by atoms with E-state index in [2.05, 4.69) is 10.3 Å². The normalized spacial score (nSPS) is 10.8. The topological polar surface area (TPSA) is 90.3 Å². The van der Waals surface area contributed by atoms with Gasteiger partial charge in [-0.05, 0) is 25.5 Å². The summed E-state index contributed by atoms with van der Waals surface area (Å²) < 4.78 is 6.53. The fourth-order valence-corrected chi connectivity index (χ4v) is 3.04. The molecule has 3 aromatic rings. The monoisotopic (exact) mass is 393 g/mol. The summed E-state index contributed by atoms with van der Waals surface area (Å²) in [5, 5.41) is 3.12. The highest BCUT2D eigenvalue weighted by Gasteiger charge is 2.18. The fraction of sp³-hybridized carbons (Fsp3) is 0.273. The van der Waals surface area contributed by atoms with Crippen molar-refractivity contribution in [1.82, 2.24) is 14.9 Å². The number of rotatable bonds is 8. The van der Waals surface area contributed by atoms with E-state index in [0.29, 0.717) is 41.9 Å². The van der Waals surface area contributed by atoms with E-state index in [1.54, 1.807) is 54.1 Å². The van der Waals surface area contributed by atoms with Crippen LogP contribution in [-0.2, 0) is 16.1 Å². The molecule has 1 N–H and O–H groups in total. The van der Waals surface area contributed by atoms with Gasteiger partial charge in [-0.25, -0.2) is 4.98 Å². The van der Waals surface area contributed by atoms with Gasteiger partial charge < -0.3 is 14.6 Å². The number of nitrogens with one attached hydrogen (secondary N) is 1. The number of aromatic nitrogens is 2. The van der Waals surface area contributed by atoms with Crippen molar-refractivity contribution in [3.05, 3.63) is 75.7 Å². The molecule has 1 amide bonds. The van der Waals surface area contributed by atoms with Crippen LogP contribution in [-0.4, -0.2) is 41.5 Å². The molecule has 0 spiro atoms. The van der Waals surface area contributed by atoms with Crippen LogP contribution in [0.4, 0.5) is 0 Å². The van der Waals surface area contributed by atoms with Crippen LogP contribution >= 0.6 is 0 Å². The lowest BCUT2D eigenvalue weighted by Gasteiger charge is -2.13. The van der Waals surface area contributed by atoms with E-state index < -0.39 is 5.43 Å². The fourth-order valence-electron chi connectivity index (χ4n) is 3.04. The lowest BCUT2D eigenvalue weighted by Crippen LogP contribution is -2.30. The number of methoxy groups -OCH3 is 1. The van der Waals surface area contributed by atoms with E-state index in [0.717, 1.165) is 0 Å². The smallest absolute Gasteiger partial charge is 0.239 e. The highest BCUT2D eigenvalue weighted by atomic mass is 16.5. The standard InChI is InChI=1S/C22H23N3O4/c1-15-9-10-17-21(28)18(20(27)16-7-4-3-5-8-16)13-25(22(17)24-15)14-19(26)23-11-6-12-29-2/h3-5,7-10,13H,6,11-12,14H2,1-2H3,(H,23,26). The Kier molecular flexibility index (Phi) is 6.51. The Morgan fingerprint density at radius 3 is 2.62 bits per heavy atom. The molecule has 0 saturated heterocycles. The van der Waals surface area contributed by atoms with Gasteiger partial charge in [0.1, 0.15) is 12.2 Å². The first-order valence-corrected chi connectivity index (χ1v) is 9.37. The number of nitrogens with zero attached hydrogens (tertiary/aromatic N) is 2. The SMILES string of the molecule is COCCCNC(=O)Cn1cc(C(=O)c2ccccc2)c(=O)c2ccc(C)nc21. The molecule has 29 heavy (non-hydrogen) atoms. The van der Waals surface area contributed by atoms with Gasteiger partial charge in [-0.1, -0.05) is 30.3 Å². The number of carbonyl (C=O) groups is 2. The van der Waals surface area contributed by atoms with Crippen molar-refractivity contribution in [3.63, 3.8) is 0 Å². The number of ketones is 1. The zero-order valence-electron chi connectivity index (χ0n) is 16.5. The molecule has 0 radical (unpaired) electrons. The number of amides is 1. The van der Waals surface area contributed by atoms with Crippen LogP contribution < -0.4 is 10.7 Å². The Bertz CT molecular complexity index is 1090. The van der Waals surface area contributed by atoms with Crippen molar-refractivity contribution in [2.24, 2.45) is 0 Å². The Morgan fingerprint density at radius 1 is 1.14 bits per heavy atom. The van der Waals surface area contributed by atoms with Gasteiger partial charge in [-0.3, -0.25) is 14.4 Å². The number of aryl methyl sites for hydroxylation is 1. The molecule has 0 atom stereocenters. The minimum atomic E-state index is -0.391. The summed E-state index contributed by atoms with van der Waals surface area (Å²) in [7, 11) is 1.60. The average molecular weight is 393 g/mol. The third-order valence-corrected chi connectivity index (χ3v) is 4.50. The molecule has 2 heterocycles. The summed E-state index contributed by atoms with van der Waals surface area (Å²) in [5.41, 5.74) is 1.14. The van der Waals surface area contributed by atoms with E-state index in [-0.39, 0.29) is 23.8 Å². The Hall–Kier alpha value is -3.32. The summed E-state index contributed by atoms with van der Waals surface area (Å²) in [6.07, 6.45) is 2.13.